The minimum absolute atomic E-state index is 0.247. The number of hydrogen-bond acceptors (Lipinski definition) is 4. The molecular formula is C10H14IN3O. The number of halogens is 1. The molecule has 1 saturated heterocycles. The number of alkyl halides is 1. The van der Waals surface area contributed by atoms with Gasteiger partial charge in [-0.25, -0.2) is 9.97 Å². The van der Waals surface area contributed by atoms with Gasteiger partial charge in [-0.1, -0.05) is 22.6 Å². The molecule has 15 heavy (non-hydrogen) atoms. The average Bonchev–Trinajstić information content (AvgIpc) is 2.56. The summed E-state index contributed by atoms with van der Waals surface area (Å²) in [6, 6.07) is 0. The van der Waals surface area contributed by atoms with E-state index in [1.54, 1.807) is 6.20 Å². The first-order valence-corrected chi connectivity index (χ1v) is 6.24. The van der Waals surface area contributed by atoms with Crippen molar-refractivity contribution in [3.8, 4) is 5.75 Å². The van der Waals surface area contributed by atoms with Crippen LogP contribution in [0.25, 0.3) is 0 Å². The van der Waals surface area contributed by atoms with Crippen molar-refractivity contribution in [2.24, 2.45) is 0 Å². The Morgan fingerprint density at radius 1 is 1.53 bits per heavy atom. The second kappa shape index (κ2) is 4.61. The van der Waals surface area contributed by atoms with Crippen molar-refractivity contribution in [2.45, 2.75) is 30.4 Å². The van der Waals surface area contributed by atoms with Crippen LogP contribution in [0.1, 0.15) is 17.9 Å². The highest BCUT2D eigenvalue weighted by atomic mass is 127. The van der Waals surface area contributed by atoms with E-state index in [9.17, 15) is 0 Å². The normalized spacial score (nSPS) is 25.5. The van der Waals surface area contributed by atoms with Gasteiger partial charge in [-0.15, -0.1) is 0 Å². The zero-order chi connectivity index (χ0) is 10.8. The lowest BCUT2D eigenvalue weighted by Gasteiger charge is -2.13. The largest absolute Gasteiger partial charge is 0.485 e. The lowest BCUT2D eigenvalue weighted by molar-refractivity contribution is 0.219. The fourth-order valence-electron chi connectivity index (χ4n) is 1.61. The molecule has 1 aliphatic rings. The monoisotopic (exact) mass is 319 g/mol. The molecule has 0 aromatic carbocycles. The second-order valence-corrected chi connectivity index (χ2v) is 5.22. The van der Waals surface area contributed by atoms with Gasteiger partial charge in [0.1, 0.15) is 11.9 Å². The molecule has 0 bridgehead atoms. The van der Waals surface area contributed by atoms with Gasteiger partial charge in [0.25, 0.3) is 0 Å². The Hall–Kier alpha value is -0.430. The molecule has 0 saturated carbocycles. The summed E-state index contributed by atoms with van der Waals surface area (Å²) in [5.41, 5.74) is 0.916. The number of aromatic nitrogens is 2. The summed E-state index contributed by atoms with van der Waals surface area (Å²) in [6.07, 6.45) is 3.04. The molecule has 1 aromatic rings. The predicted octanol–water partition coefficient (Wildman–Crippen LogP) is 1.60. The van der Waals surface area contributed by atoms with Gasteiger partial charge < -0.3 is 10.1 Å². The topological polar surface area (TPSA) is 47.0 Å². The Kier molecular flexibility index (Phi) is 3.40. The van der Waals surface area contributed by atoms with Crippen LogP contribution in [0.4, 0.5) is 0 Å². The third-order valence-corrected chi connectivity index (χ3v) is 3.33. The molecule has 4 nitrogen and oxygen atoms in total. The molecule has 2 rings (SSSR count). The molecule has 0 amide bonds. The number of aryl methyl sites for hydroxylation is 2. The summed E-state index contributed by atoms with van der Waals surface area (Å²) in [6.45, 7) is 4.74. The number of nitrogens with one attached hydrogen (secondary N) is 1. The molecule has 1 fully saturated rings. The highest BCUT2D eigenvalue weighted by molar-refractivity contribution is 14.1. The van der Waals surface area contributed by atoms with Crippen LogP contribution in [0.15, 0.2) is 6.20 Å². The van der Waals surface area contributed by atoms with Gasteiger partial charge in [0.05, 0.1) is 15.9 Å². The highest BCUT2D eigenvalue weighted by Crippen LogP contribution is 2.21. The van der Waals surface area contributed by atoms with Crippen LogP contribution in [-0.2, 0) is 0 Å². The molecule has 0 spiro atoms. The summed E-state index contributed by atoms with van der Waals surface area (Å²) in [4.78, 5) is 8.42. The minimum Gasteiger partial charge on any atom is -0.485 e. The number of ether oxygens (including phenoxy) is 1. The molecule has 0 aliphatic carbocycles. The Morgan fingerprint density at radius 3 is 2.93 bits per heavy atom. The zero-order valence-electron chi connectivity index (χ0n) is 8.83. The third kappa shape index (κ3) is 2.78. The Morgan fingerprint density at radius 2 is 2.33 bits per heavy atom. The van der Waals surface area contributed by atoms with Gasteiger partial charge >= 0.3 is 0 Å². The number of nitrogens with zero attached hydrogens (tertiary/aromatic N) is 2. The molecule has 2 heterocycles. The fourth-order valence-corrected chi connectivity index (χ4v) is 2.44. The second-order valence-electron chi connectivity index (χ2n) is 3.72. The molecule has 2 atom stereocenters. The van der Waals surface area contributed by atoms with E-state index >= 15 is 0 Å². The smallest absolute Gasteiger partial charge is 0.159 e. The Labute approximate surface area is 103 Å². The first-order chi connectivity index (χ1) is 7.15. The van der Waals surface area contributed by atoms with E-state index in [-0.39, 0.29) is 6.10 Å². The van der Waals surface area contributed by atoms with Crippen LogP contribution < -0.4 is 10.1 Å². The van der Waals surface area contributed by atoms with Crippen molar-refractivity contribution in [1.29, 1.82) is 0 Å². The first-order valence-electron chi connectivity index (χ1n) is 4.99. The summed E-state index contributed by atoms with van der Waals surface area (Å²) >= 11 is 2.38. The fraction of sp³-hybridized carbons (Fsp3) is 0.600. The van der Waals surface area contributed by atoms with E-state index in [0.717, 1.165) is 30.2 Å². The molecular weight excluding hydrogens is 305 g/mol. The van der Waals surface area contributed by atoms with E-state index in [4.69, 9.17) is 4.74 Å². The summed E-state index contributed by atoms with van der Waals surface area (Å²) in [7, 11) is 0. The zero-order valence-corrected chi connectivity index (χ0v) is 11.0. The van der Waals surface area contributed by atoms with Crippen molar-refractivity contribution < 1.29 is 4.74 Å². The number of hydrogen-bond donors (Lipinski definition) is 1. The molecule has 82 valence electrons. The van der Waals surface area contributed by atoms with Crippen LogP contribution in [0, 0.1) is 13.8 Å². The summed E-state index contributed by atoms with van der Waals surface area (Å²) in [5, 5.41) is 3.34. The molecule has 1 N–H and O–H groups in total. The Balaban J connectivity index is 2.04. The van der Waals surface area contributed by atoms with Crippen molar-refractivity contribution in [1.82, 2.24) is 15.3 Å². The van der Waals surface area contributed by atoms with Crippen molar-refractivity contribution in [3.05, 3.63) is 17.7 Å². The lowest BCUT2D eigenvalue weighted by atomic mass is 10.3. The van der Waals surface area contributed by atoms with Gasteiger partial charge in [0.2, 0.25) is 0 Å². The quantitative estimate of drug-likeness (QED) is 0.511. The van der Waals surface area contributed by atoms with Crippen LogP contribution >= 0.6 is 22.6 Å². The predicted molar refractivity (Wildman–Crippen MR) is 66.3 cm³/mol. The highest BCUT2D eigenvalue weighted by Gasteiger charge is 2.23. The lowest BCUT2D eigenvalue weighted by Crippen LogP contribution is -2.20. The van der Waals surface area contributed by atoms with Gasteiger partial charge in [-0.3, -0.25) is 0 Å². The molecule has 1 aliphatic heterocycles. The maximum absolute atomic E-state index is 5.84. The molecule has 1 aromatic heterocycles. The Bertz CT molecular complexity index is 359. The van der Waals surface area contributed by atoms with Crippen molar-refractivity contribution >= 4 is 22.6 Å². The number of rotatable bonds is 2. The van der Waals surface area contributed by atoms with Gasteiger partial charge in [-0.2, -0.15) is 0 Å². The molecule has 0 radical (unpaired) electrons. The van der Waals surface area contributed by atoms with Crippen LogP contribution in [0.3, 0.4) is 0 Å². The van der Waals surface area contributed by atoms with E-state index in [2.05, 4.69) is 37.9 Å². The third-order valence-electron chi connectivity index (χ3n) is 2.39. The SMILES string of the molecule is Cc1ncc(O[C@H]2CN[C@@H](I)C2)c(C)n1. The maximum atomic E-state index is 5.84. The standard InChI is InChI=1S/C10H14IN3O/c1-6-9(5-12-7(2)14-6)15-8-3-10(11)13-4-8/h5,8,10,13H,3-4H2,1-2H3/t8-,10-/m1/s1. The molecule has 0 unspecified atom stereocenters. The average molecular weight is 319 g/mol. The summed E-state index contributed by atoms with van der Waals surface area (Å²) < 4.78 is 6.35. The van der Waals surface area contributed by atoms with Crippen LogP contribution in [0.5, 0.6) is 5.75 Å². The molecule has 5 heteroatoms. The van der Waals surface area contributed by atoms with Crippen molar-refractivity contribution in [2.75, 3.05) is 6.54 Å². The van der Waals surface area contributed by atoms with E-state index in [0.29, 0.717) is 4.05 Å². The van der Waals surface area contributed by atoms with E-state index in [1.165, 1.54) is 0 Å². The van der Waals surface area contributed by atoms with Gasteiger partial charge in [-0.05, 0) is 13.8 Å². The first kappa shape index (κ1) is 11.1. The minimum atomic E-state index is 0.247. The van der Waals surface area contributed by atoms with Gasteiger partial charge in [0.15, 0.2) is 5.75 Å². The van der Waals surface area contributed by atoms with Gasteiger partial charge in [0, 0.05) is 13.0 Å². The van der Waals surface area contributed by atoms with Crippen LogP contribution in [-0.4, -0.2) is 26.7 Å². The summed E-state index contributed by atoms with van der Waals surface area (Å²) in [5.74, 6) is 1.59. The van der Waals surface area contributed by atoms with Crippen LogP contribution in [0.2, 0.25) is 0 Å². The van der Waals surface area contributed by atoms with E-state index in [1.807, 2.05) is 13.8 Å². The maximum Gasteiger partial charge on any atom is 0.159 e. The van der Waals surface area contributed by atoms with Crippen molar-refractivity contribution in [3.63, 3.8) is 0 Å². The van der Waals surface area contributed by atoms with E-state index < -0.39 is 0 Å².